The predicted molar refractivity (Wildman–Crippen MR) is 93.7 cm³/mol. The largest absolute Gasteiger partial charge is 0.365 e. The molecule has 0 bridgehead atoms. The van der Waals surface area contributed by atoms with E-state index in [0.29, 0.717) is 6.04 Å². The molecule has 4 rings (SSSR count). The molecule has 0 aliphatic carbocycles. The van der Waals surface area contributed by atoms with Gasteiger partial charge < -0.3 is 10.1 Å². The van der Waals surface area contributed by atoms with E-state index < -0.39 is 0 Å². The lowest BCUT2D eigenvalue weighted by atomic mass is 9.83. The van der Waals surface area contributed by atoms with Crippen molar-refractivity contribution in [3.8, 4) is 0 Å². The lowest BCUT2D eigenvalue weighted by molar-refractivity contribution is -0.0995. The fourth-order valence-corrected chi connectivity index (χ4v) is 4.61. The number of hydrogen-bond donors (Lipinski definition) is 1. The molecule has 1 N–H and O–H groups in total. The van der Waals surface area contributed by atoms with Gasteiger partial charge in [-0.05, 0) is 30.9 Å². The first-order chi connectivity index (χ1) is 11.2. The zero-order valence-electron chi connectivity index (χ0n) is 13.7. The predicted octanol–water partition coefficient (Wildman–Crippen LogP) is 3.59. The van der Waals surface area contributed by atoms with Crippen molar-refractivity contribution in [2.45, 2.75) is 44.6 Å². The van der Waals surface area contributed by atoms with Crippen molar-refractivity contribution in [3.63, 3.8) is 0 Å². The second-order valence-corrected chi connectivity index (χ2v) is 7.73. The summed E-state index contributed by atoms with van der Waals surface area (Å²) in [6.07, 6.45) is 4.28. The molecule has 5 heteroatoms. The zero-order valence-corrected chi connectivity index (χ0v) is 14.5. The molecular formula is C18H23N3OS. The van der Waals surface area contributed by atoms with Crippen LogP contribution in [-0.2, 0) is 23.5 Å². The number of thiazole rings is 1. The van der Waals surface area contributed by atoms with E-state index in [1.165, 1.54) is 22.4 Å². The molecule has 2 aliphatic heterocycles. The van der Waals surface area contributed by atoms with Gasteiger partial charge in [-0.25, -0.2) is 4.98 Å². The Morgan fingerprint density at radius 1 is 1.43 bits per heavy atom. The van der Waals surface area contributed by atoms with Crippen LogP contribution >= 0.6 is 11.3 Å². The molecule has 0 saturated carbocycles. The number of benzene rings is 1. The highest BCUT2D eigenvalue weighted by Gasteiger charge is 2.44. The van der Waals surface area contributed by atoms with Gasteiger partial charge in [0.1, 0.15) is 5.60 Å². The summed E-state index contributed by atoms with van der Waals surface area (Å²) in [6, 6.07) is 9.29. The third-order valence-corrected chi connectivity index (χ3v) is 6.19. The smallest absolute Gasteiger partial charge is 0.182 e. The number of anilines is 1. The number of piperidine rings is 1. The number of aromatic nitrogens is 1. The van der Waals surface area contributed by atoms with Gasteiger partial charge in [-0.3, -0.25) is 4.90 Å². The fraction of sp³-hybridized carbons (Fsp3) is 0.500. The lowest BCUT2D eigenvalue weighted by Gasteiger charge is -2.44. The summed E-state index contributed by atoms with van der Waals surface area (Å²) >= 11 is 1.74. The molecule has 1 aromatic heterocycles. The standard InChI is InChI=1S/C18H23N3OS/c1-13-7-8-18(16-6-4-3-5-14(16)11-22-18)12-21(13)10-15-9-20-17(19-2)23-15/h3-6,9,13H,7-8,10-12H2,1-2H3,(H,19,20). The van der Waals surface area contributed by atoms with Crippen LogP contribution in [0.25, 0.3) is 0 Å². The van der Waals surface area contributed by atoms with Gasteiger partial charge in [-0.2, -0.15) is 0 Å². The molecule has 1 fully saturated rings. The van der Waals surface area contributed by atoms with E-state index in [2.05, 4.69) is 46.4 Å². The van der Waals surface area contributed by atoms with Crippen molar-refractivity contribution in [2.24, 2.45) is 0 Å². The average molecular weight is 329 g/mol. The van der Waals surface area contributed by atoms with Crippen molar-refractivity contribution < 1.29 is 4.74 Å². The van der Waals surface area contributed by atoms with E-state index in [9.17, 15) is 0 Å². The molecule has 1 aromatic carbocycles. The Hall–Kier alpha value is -1.43. The van der Waals surface area contributed by atoms with E-state index >= 15 is 0 Å². The number of hydrogen-bond acceptors (Lipinski definition) is 5. The Morgan fingerprint density at radius 3 is 3.13 bits per heavy atom. The average Bonchev–Trinajstić information content (AvgIpc) is 3.17. The molecular weight excluding hydrogens is 306 g/mol. The van der Waals surface area contributed by atoms with Crippen LogP contribution in [-0.4, -0.2) is 29.5 Å². The summed E-state index contributed by atoms with van der Waals surface area (Å²) in [7, 11) is 1.92. The van der Waals surface area contributed by atoms with Gasteiger partial charge in [0.05, 0.1) is 6.61 Å². The van der Waals surface area contributed by atoms with Crippen molar-refractivity contribution >= 4 is 16.5 Å². The first kappa shape index (κ1) is 15.1. The van der Waals surface area contributed by atoms with Crippen molar-refractivity contribution in [3.05, 3.63) is 46.5 Å². The Balaban J connectivity index is 1.57. The first-order valence-corrected chi connectivity index (χ1v) is 9.11. The topological polar surface area (TPSA) is 37.4 Å². The van der Waals surface area contributed by atoms with E-state index in [4.69, 9.17) is 4.74 Å². The summed E-state index contributed by atoms with van der Waals surface area (Å²) < 4.78 is 6.33. The number of nitrogens with zero attached hydrogens (tertiary/aromatic N) is 2. The van der Waals surface area contributed by atoms with E-state index in [1.54, 1.807) is 11.3 Å². The van der Waals surface area contributed by atoms with E-state index in [0.717, 1.165) is 31.2 Å². The van der Waals surface area contributed by atoms with Gasteiger partial charge in [-0.15, -0.1) is 11.3 Å². The number of rotatable bonds is 3. The number of fused-ring (bicyclic) bond motifs is 2. The number of likely N-dealkylation sites (tertiary alicyclic amines) is 1. The monoisotopic (exact) mass is 329 g/mol. The van der Waals surface area contributed by atoms with Gasteiger partial charge in [0.2, 0.25) is 0 Å². The zero-order chi connectivity index (χ0) is 15.9. The minimum absolute atomic E-state index is 0.111. The number of nitrogens with one attached hydrogen (secondary N) is 1. The van der Waals surface area contributed by atoms with Crippen LogP contribution in [0.2, 0.25) is 0 Å². The highest BCUT2D eigenvalue weighted by molar-refractivity contribution is 7.15. The second-order valence-electron chi connectivity index (χ2n) is 6.61. The van der Waals surface area contributed by atoms with Gasteiger partial charge in [0.15, 0.2) is 5.13 Å². The van der Waals surface area contributed by atoms with Crippen LogP contribution in [0.3, 0.4) is 0 Å². The normalized spacial score (nSPS) is 27.3. The summed E-state index contributed by atoms with van der Waals surface area (Å²) in [4.78, 5) is 8.26. The third kappa shape index (κ3) is 2.67. The SMILES string of the molecule is CNc1ncc(CN2CC3(CCC2C)OCc2ccccc23)s1. The van der Waals surface area contributed by atoms with Gasteiger partial charge >= 0.3 is 0 Å². The maximum atomic E-state index is 6.33. The summed E-state index contributed by atoms with van der Waals surface area (Å²) in [5.41, 5.74) is 2.65. The second kappa shape index (κ2) is 5.89. The minimum atomic E-state index is -0.111. The minimum Gasteiger partial charge on any atom is -0.365 e. The van der Waals surface area contributed by atoms with Crippen LogP contribution in [0.4, 0.5) is 5.13 Å². The maximum Gasteiger partial charge on any atom is 0.182 e. The highest BCUT2D eigenvalue weighted by atomic mass is 32.1. The Bertz CT molecular complexity index is 701. The van der Waals surface area contributed by atoms with E-state index in [1.807, 2.05) is 13.2 Å². The quantitative estimate of drug-likeness (QED) is 0.934. The Morgan fingerprint density at radius 2 is 2.30 bits per heavy atom. The molecule has 2 aromatic rings. The molecule has 1 spiro atoms. The van der Waals surface area contributed by atoms with Crippen LogP contribution in [0, 0.1) is 0 Å². The molecule has 23 heavy (non-hydrogen) atoms. The summed E-state index contributed by atoms with van der Waals surface area (Å²) in [5.74, 6) is 0. The molecule has 2 atom stereocenters. The van der Waals surface area contributed by atoms with Crippen molar-refractivity contribution in [1.82, 2.24) is 9.88 Å². The third-order valence-electron chi connectivity index (χ3n) is 5.19. The van der Waals surface area contributed by atoms with Crippen LogP contribution < -0.4 is 5.32 Å². The fourth-order valence-electron chi connectivity index (χ4n) is 3.82. The van der Waals surface area contributed by atoms with Crippen molar-refractivity contribution in [1.29, 1.82) is 0 Å². The summed E-state index contributed by atoms with van der Waals surface area (Å²) in [5, 5.41) is 4.11. The first-order valence-electron chi connectivity index (χ1n) is 8.29. The van der Waals surface area contributed by atoms with Crippen molar-refractivity contribution in [2.75, 3.05) is 18.9 Å². The highest BCUT2D eigenvalue weighted by Crippen LogP contribution is 2.44. The van der Waals surface area contributed by atoms with Crippen LogP contribution in [0.5, 0.6) is 0 Å². The maximum absolute atomic E-state index is 6.33. The van der Waals surface area contributed by atoms with Gasteiger partial charge in [0, 0.05) is 37.3 Å². The number of ether oxygens (including phenoxy) is 1. The van der Waals surface area contributed by atoms with Crippen LogP contribution in [0.15, 0.2) is 30.5 Å². The molecule has 122 valence electrons. The molecule has 0 amide bonds. The Kier molecular flexibility index (Phi) is 3.87. The molecule has 3 heterocycles. The molecule has 2 aliphatic rings. The van der Waals surface area contributed by atoms with Crippen LogP contribution in [0.1, 0.15) is 35.8 Å². The van der Waals surface area contributed by atoms with Gasteiger partial charge in [-0.1, -0.05) is 24.3 Å². The molecule has 0 radical (unpaired) electrons. The van der Waals surface area contributed by atoms with Gasteiger partial charge in [0.25, 0.3) is 0 Å². The summed E-state index contributed by atoms with van der Waals surface area (Å²) in [6.45, 7) is 5.00. The Labute approximate surface area is 141 Å². The lowest BCUT2D eigenvalue weighted by Crippen LogP contribution is -2.49. The molecule has 4 nitrogen and oxygen atoms in total. The van der Waals surface area contributed by atoms with E-state index in [-0.39, 0.29) is 5.60 Å². The molecule has 1 saturated heterocycles. The molecule has 2 unspecified atom stereocenters.